The summed E-state index contributed by atoms with van der Waals surface area (Å²) in [6.45, 7) is 2.17. The molecular formula is C121H83N3O3. The van der Waals surface area contributed by atoms with Gasteiger partial charge in [-0.3, -0.25) is 0 Å². The van der Waals surface area contributed by atoms with E-state index >= 15 is 0 Å². The van der Waals surface area contributed by atoms with E-state index in [1.807, 2.05) is 0 Å². The average Bonchev–Trinajstić information content (AvgIpc) is 1.60. The Bertz CT molecular complexity index is 8100. The smallest absolute Gasteiger partial charge is 0.159 e. The monoisotopic (exact) mass is 1630 g/mol. The van der Waals surface area contributed by atoms with Gasteiger partial charge >= 0.3 is 0 Å². The molecule has 24 aromatic rings. The van der Waals surface area contributed by atoms with Crippen LogP contribution in [0.25, 0.3) is 165 Å². The molecule has 0 amide bonds. The summed E-state index contributed by atoms with van der Waals surface area (Å²) in [5, 5.41) is 14.1. The Morgan fingerprint density at radius 1 is 0.165 bits per heavy atom. The molecule has 24 rings (SSSR count). The summed E-state index contributed by atoms with van der Waals surface area (Å²) in [6, 6.07) is 172. The Kier molecular flexibility index (Phi) is 20.2. The number of rotatable bonds is 15. The summed E-state index contributed by atoms with van der Waals surface area (Å²) in [6.07, 6.45) is 0. The standard InChI is InChI=1S/C41H29NO.2C40H27NO/c1-28-26-36-40-35-18-9-8-16-32(35)22-25-39(40)43-41(36)38(27-28)42(33-23-20-30(21-24-33)29-12-4-2-5-13-29)37-19-11-10-17-34(37)31-14-6-3-7-15-31;1-3-11-28(12-4-1)31-14-9-15-32(27-31)29-21-24-34(25-22-29)41(33-16-5-2-6-17-33)37-20-10-19-36-39-35-18-8-7-13-30(35)23-26-38(39)42-40(36)37;1-3-10-28(11-4-1)29-18-20-30(21-19-29)31-22-25-34(26-23-31)41(33-13-5-2-6-14-33)37-17-9-16-36-39-35-15-8-7-12-32(35)24-27-38(39)42-40(36)37/h2-27H,1H3;2*1-27H. The van der Waals surface area contributed by atoms with Gasteiger partial charge in [0, 0.05) is 66.3 Å². The summed E-state index contributed by atoms with van der Waals surface area (Å²) >= 11 is 0. The van der Waals surface area contributed by atoms with Gasteiger partial charge in [-0.2, -0.15) is 0 Å². The zero-order chi connectivity index (χ0) is 84.5. The van der Waals surface area contributed by atoms with Gasteiger partial charge in [-0.05, 0) is 221 Å². The van der Waals surface area contributed by atoms with E-state index in [-0.39, 0.29) is 0 Å². The van der Waals surface area contributed by atoms with Gasteiger partial charge in [0.1, 0.15) is 16.7 Å². The lowest BCUT2D eigenvalue weighted by Gasteiger charge is -2.28. The third-order valence-electron chi connectivity index (χ3n) is 24.4. The van der Waals surface area contributed by atoms with Crippen LogP contribution in [0.15, 0.2) is 499 Å². The molecule has 0 aliphatic rings. The van der Waals surface area contributed by atoms with Gasteiger partial charge in [0.25, 0.3) is 0 Å². The van der Waals surface area contributed by atoms with Gasteiger partial charge in [0.15, 0.2) is 16.7 Å². The fourth-order valence-corrected chi connectivity index (χ4v) is 18.4. The number of nitrogens with zero attached hydrogens (tertiary/aromatic N) is 3. The fraction of sp³-hybridized carbons (Fsp3) is 0.00826. The first kappa shape index (κ1) is 76.3. The summed E-state index contributed by atoms with van der Waals surface area (Å²) in [4.78, 5) is 6.93. The van der Waals surface area contributed by atoms with Crippen molar-refractivity contribution in [3.05, 3.63) is 491 Å². The van der Waals surface area contributed by atoms with Crippen LogP contribution in [0.5, 0.6) is 0 Å². The van der Waals surface area contributed by atoms with Crippen molar-refractivity contribution in [2.75, 3.05) is 14.7 Å². The molecule has 6 heteroatoms. The molecular weight excluding hydrogens is 1540 g/mol. The van der Waals surface area contributed by atoms with Gasteiger partial charge in [0.05, 0.1) is 22.7 Å². The van der Waals surface area contributed by atoms with E-state index in [1.54, 1.807) is 0 Å². The molecule has 3 heterocycles. The van der Waals surface area contributed by atoms with Crippen LogP contribution in [0.4, 0.5) is 51.2 Å². The third kappa shape index (κ3) is 14.7. The van der Waals surface area contributed by atoms with Crippen molar-refractivity contribution in [3.63, 3.8) is 0 Å². The molecule has 0 atom stereocenters. The number of furan rings is 3. The van der Waals surface area contributed by atoms with Gasteiger partial charge < -0.3 is 28.0 Å². The maximum absolute atomic E-state index is 6.77. The summed E-state index contributed by atoms with van der Waals surface area (Å²) < 4.78 is 20.0. The number of hydrogen-bond acceptors (Lipinski definition) is 6. The van der Waals surface area contributed by atoms with Crippen LogP contribution in [-0.2, 0) is 0 Å². The molecule has 0 aliphatic carbocycles. The minimum atomic E-state index is 0.881. The highest BCUT2D eigenvalue weighted by atomic mass is 16.3. The van der Waals surface area contributed by atoms with Crippen molar-refractivity contribution in [3.8, 4) is 66.8 Å². The predicted octanol–water partition coefficient (Wildman–Crippen LogP) is 34.9. The van der Waals surface area contributed by atoms with Gasteiger partial charge in [-0.1, -0.05) is 370 Å². The SMILES string of the molecule is Cc1cc(N(c2ccc(-c3ccccc3)cc2)c2ccccc2-c2ccccc2)c2oc3ccc4ccccc4c3c2c1.c1ccc(-c2ccc(-c3ccc(N(c4ccccc4)c4cccc5c4oc4ccc6ccccc6c45)cc3)cc2)cc1.c1ccc(-c2cccc(-c3ccc(N(c4ccccc4)c4cccc5c4oc4ccc6ccccc6c45)cc3)c2)cc1. The van der Waals surface area contributed by atoms with Crippen molar-refractivity contribution in [2.45, 2.75) is 6.92 Å². The normalized spacial score (nSPS) is 11.3. The molecule has 0 saturated heterocycles. The lowest BCUT2D eigenvalue weighted by molar-refractivity contribution is 0.669. The average molecular weight is 1630 g/mol. The molecule has 0 radical (unpaired) electrons. The molecule has 600 valence electrons. The highest BCUT2D eigenvalue weighted by Crippen LogP contribution is 2.51. The van der Waals surface area contributed by atoms with Crippen LogP contribution in [0, 0.1) is 6.92 Å². The predicted molar refractivity (Wildman–Crippen MR) is 535 cm³/mol. The number of hydrogen-bond donors (Lipinski definition) is 0. The number of anilines is 9. The maximum Gasteiger partial charge on any atom is 0.159 e. The van der Waals surface area contributed by atoms with E-state index in [9.17, 15) is 0 Å². The first-order chi connectivity index (χ1) is 62.9. The van der Waals surface area contributed by atoms with Crippen molar-refractivity contribution in [1.82, 2.24) is 0 Å². The molecule has 127 heavy (non-hydrogen) atoms. The van der Waals surface area contributed by atoms with E-state index in [2.05, 4.69) is 507 Å². The second-order valence-electron chi connectivity index (χ2n) is 32.2. The fourth-order valence-electron chi connectivity index (χ4n) is 18.4. The quantitative estimate of drug-likeness (QED) is 0.102. The van der Waals surface area contributed by atoms with Crippen LogP contribution in [0.1, 0.15) is 5.56 Å². The van der Waals surface area contributed by atoms with Crippen molar-refractivity contribution >= 4 is 149 Å². The molecule has 0 N–H and O–H groups in total. The number of benzene rings is 21. The molecule has 0 bridgehead atoms. The first-order valence-corrected chi connectivity index (χ1v) is 43.2. The van der Waals surface area contributed by atoms with Crippen LogP contribution in [-0.4, -0.2) is 0 Å². The van der Waals surface area contributed by atoms with E-state index in [0.717, 1.165) is 123 Å². The number of para-hydroxylation sites is 5. The summed E-state index contributed by atoms with van der Waals surface area (Å²) in [7, 11) is 0. The van der Waals surface area contributed by atoms with E-state index in [0.29, 0.717) is 0 Å². The van der Waals surface area contributed by atoms with E-state index < -0.39 is 0 Å². The second-order valence-corrected chi connectivity index (χ2v) is 32.2. The maximum atomic E-state index is 6.77. The summed E-state index contributed by atoms with van der Waals surface area (Å²) in [5.41, 5.74) is 30.4. The van der Waals surface area contributed by atoms with E-state index in [4.69, 9.17) is 13.3 Å². The molecule has 6 nitrogen and oxygen atoms in total. The Hall–Kier alpha value is -16.8. The second kappa shape index (κ2) is 33.6. The number of aryl methyl sites for hydroxylation is 1. The van der Waals surface area contributed by atoms with Crippen LogP contribution in [0.3, 0.4) is 0 Å². The molecule has 0 aliphatic heterocycles. The highest BCUT2D eigenvalue weighted by molar-refractivity contribution is 6.24. The molecule has 3 aromatic heterocycles. The topological polar surface area (TPSA) is 49.1 Å². The van der Waals surface area contributed by atoms with Gasteiger partial charge in [0.2, 0.25) is 0 Å². The van der Waals surface area contributed by atoms with Crippen LogP contribution < -0.4 is 14.7 Å². The van der Waals surface area contributed by atoms with E-state index in [1.165, 1.54) is 99.1 Å². The molecule has 21 aromatic carbocycles. The van der Waals surface area contributed by atoms with Gasteiger partial charge in [-0.25, -0.2) is 0 Å². The van der Waals surface area contributed by atoms with Crippen LogP contribution >= 0.6 is 0 Å². The highest BCUT2D eigenvalue weighted by Gasteiger charge is 2.27. The van der Waals surface area contributed by atoms with Crippen molar-refractivity contribution in [1.29, 1.82) is 0 Å². The van der Waals surface area contributed by atoms with Crippen molar-refractivity contribution < 1.29 is 13.3 Å². The number of fused-ring (bicyclic) bond motifs is 15. The minimum absolute atomic E-state index is 0.881. The Morgan fingerprint density at radius 3 is 0.858 bits per heavy atom. The molecule has 0 fully saturated rings. The zero-order valence-corrected chi connectivity index (χ0v) is 69.8. The molecule has 0 spiro atoms. The Balaban J connectivity index is 0.000000112. The van der Waals surface area contributed by atoms with Gasteiger partial charge in [-0.15, -0.1) is 0 Å². The minimum Gasteiger partial charge on any atom is -0.454 e. The Morgan fingerprint density at radius 2 is 0.441 bits per heavy atom. The Labute approximate surface area is 736 Å². The largest absolute Gasteiger partial charge is 0.454 e. The zero-order valence-electron chi connectivity index (χ0n) is 69.8. The lowest BCUT2D eigenvalue weighted by atomic mass is 9.99. The first-order valence-electron chi connectivity index (χ1n) is 43.2. The lowest BCUT2D eigenvalue weighted by Crippen LogP contribution is -2.11. The van der Waals surface area contributed by atoms with Crippen LogP contribution in [0.2, 0.25) is 0 Å². The molecule has 0 unspecified atom stereocenters. The molecule has 0 saturated carbocycles. The van der Waals surface area contributed by atoms with Crippen molar-refractivity contribution in [2.24, 2.45) is 0 Å². The summed E-state index contributed by atoms with van der Waals surface area (Å²) in [5.74, 6) is 0. The third-order valence-corrected chi connectivity index (χ3v) is 24.4.